The number of nitriles is 1. The molecule has 38 heavy (non-hydrogen) atoms. The van der Waals surface area contributed by atoms with Crippen LogP contribution in [0.4, 0.5) is 18.9 Å². The normalized spacial score (nSPS) is 15.6. The van der Waals surface area contributed by atoms with Gasteiger partial charge in [0.05, 0.1) is 29.3 Å². The number of pyridine rings is 1. The smallest absolute Gasteiger partial charge is 0.403 e. The van der Waals surface area contributed by atoms with E-state index in [1.54, 1.807) is 24.5 Å². The molecule has 1 aromatic heterocycles. The average Bonchev–Trinajstić information content (AvgIpc) is 3.16. The van der Waals surface area contributed by atoms with Gasteiger partial charge in [-0.15, -0.1) is 0 Å². The highest BCUT2D eigenvalue weighted by Crippen LogP contribution is 2.33. The Morgan fingerprint density at radius 1 is 1.13 bits per heavy atom. The van der Waals surface area contributed by atoms with Gasteiger partial charge < -0.3 is 16.0 Å². The molecule has 3 aromatic rings. The van der Waals surface area contributed by atoms with Gasteiger partial charge in [-0.25, -0.2) is 0 Å². The number of allylic oxidation sites excluding steroid dienone is 2. The minimum atomic E-state index is -4.70. The zero-order chi connectivity index (χ0) is 27.1. The molecule has 4 rings (SSSR count). The Labute approximate surface area is 218 Å². The monoisotopic (exact) mass is 515 g/mol. The van der Waals surface area contributed by atoms with Crippen LogP contribution in [0.5, 0.6) is 0 Å². The average molecular weight is 516 g/mol. The Balaban J connectivity index is 1.42. The summed E-state index contributed by atoms with van der Waals surface area (Å²) in [6.45, 7) is 0.621. The summed E-state index contributed by atoms with van der Waals surface area (Å²) in [6.07, 6.45) is 8.56. The number of carbonyl (C=O) groups excluding carboxylic acids is 1. The molecule has 192 valence electrons. The van der Waals surface area contributed by atoms with Crippen LogP contribution in [0.3, 0.4) is 0 Å². The van der Waals surface area contributed by atoms with E-state index in [1.807, 2.05) is 35.4 Å². The fourth-order valence-electron chi connectivity index (χ4n) is 4.12. The Morgan fingerprint density at radius 2 is 1.87 bits per heavy atom. The fraction of sp³-hybridized carbons (Fsp3) is 0.138. The number of nitrogens with one attached hydrogen (secondary N) is 1. The van der Waals surface area contributed by atoms with Gasteiger partial charge in [-0.05, 0) is 47.0 Å². The van der Waals surface area contributed by atoms with Crippen LogP contribution in [-0.4, -0.2) is 22.3 Å². The Hall–Kier alpha value is -4.84. The van der Waals surface area contributed by atoms with Crippen molar-refractivity contribution >= 4 is 17.3 Å². The summed E-state index contributed by atoms with van der Waals surface area (Å²) < 4.78 is 39.6. The van der Waals surface area contributed by atoms with E-state index in [0.29, 0.717) is 12.1 Å². The van der Waals surface area contributed by atoms with Crippen molar-refractivity contribution in [3.8, 4) is 6.07 Å². The maximum Gasteiger partial charge on any atom is 0.417 e. The van der Waals surface area contributed by atoms with E-state index in [4.69, 9.17) is 11.0 Å². The third-order valence-electron chi connectivity index (χ3n) is 6.02. The van der Waals surface area contributed by atoms with Crippen LogP contribution >= 0.6 is 0 Å². The number of amides is 1. The summed E-state index contributed by atoms with van der Waals surface area (Å²) in [6, 6.07) is 15.8. The standard InChI is InChI=1S/C29H24F3N5O/c30-29(31,32)26-17-25(8-7-24(26)18-33)36-28(38)16-20-3-5-23(6-4-20)27(19-34)37-14-1-2-21(11-15-37)22-9-12-35-13-10-22/h1-13,15,17,19,21H,14,16,34H2,(H,36,38)/b27-19-. The molecule has 0 saturated heterocycles. The highest BCUT2D eigenvalue weighted by atomic mass is 19.4. The second-order valence-corrected chi connectivity index (χ2v) is 8.57. The second-order valence-electron chi connectivity index (χ2n) is 8.57. The number of benzene rings is 2. The summed E-state index contributed by atoms with van der Waals surface area (Å²) in [5.41, 5.74) is 7.78. The molecule has 0 radical (unpaired) electrons. The predicted molar refractivity (Wildman–Crippen MR) is 139 cm³/mol. The highest BCUT2D eigenvalue weighted by Gasteiger charge is 2.34. The van der Waals surface area contributed by atoms with Crippen LogP contribution in [0.15, 0.2) is 97.6 Å². The Morgan fingerprint density at radius 3 is 2.53 bits per heavy atom. The lowest BCUT2D eigenvalue weighted by Crippen LogP contribution is -2.17. The molecule has 0 aliphatic carbocycles. The lowest BCUT2D eigenvalue weighted by Gasteiger charge is -2.22. The van der Waals surface area contributed by atoms with Crippen molar-refractivity contribution in [1.82, 2.24) is 9.88 Å². The number of anilines is 1. The first-order chi connectivity index (χ1) is 18.3. The number of alkyl halides is 3. The molecule has 1 amide bonds. The van der Waals surface area contributed by atoms with E-state index in [2.05, 4.69) is 28.5 Å². The molecule has 1 atom stereocenters. The van der Waals surface area contributed by atoms with Crippen molar-refractivity contribution in [2.45, 2.75) is 18.5 Å². The van der Waals surface area contributed by atoms with Crippen LogP contribution < -0.4 is 11.1 Å². The van der Waals surface area contributed by atoms with E-state index in [-0.39, 0.29) is 18.0 Å². The summed E-state index contributed by atoms with van der Waals surface area (Å²) in [5.74, 6) is -0.362. The van der Waals surface area contributed by atoms with Gasteiger partial charge in [0.25, 0.3) is 0 Å². The molecular formula is C29H24F3N5O. The molecule has 0 spiro atoms. The maximum atomic E-state index is 13.2. The number of hydrogen-bond donors (Lipinski definition) is 2. The summed E-state index contributed by atoms with van der Waals surface area (Å²) in [4.78, 5) is 18.6. The van der Waals surface area contributed by atoms with Crippen molar-refractivity contribution in [2.24, 2.45) is 5.73 Å². The minimum Gasteiger partial charge on any atom is -0.403 e. The second kappa shape index (κ2) is 11.5. The van der Waals surface area contributed by atoms with Crippen LogP contribution in [0.1, 0.15) is 33.7 Å². The van der Waals surface area contributed by atoms with Crippen LogP contribution in [0.25, 0.3) is 5.70 Å². The van der Waals surface area contributed by atoms with E-state index >= 15 is 0 Å². The van der Waals surface area contributed by atoms with Crippen molar-refractivity contribution in [3.05, 3.63) is 125 Å². The molecule has 2 heterocycles. The summed E-state index contributed by atoms with van der Waals surface area (Å²) >= 11 is 0. The highest BCUT2D eigenvalue weighted by molar-refractivity contribution is 5.92. The lowest BCUT2D eigenvalue weighted by molar-refractivity contribution is -0.137. The van der Waals surface area contributed by atoms with Gasteiger partial charge in [-0.2, -0.15) is 18.4 Å². The van der Waals surface area contributed by atoms with Gasteiger partial charge in [0.15, 0.2) is 0 Å². The predicted octanol–water partition coefficient (Wildman–Crippen LogP) is 5.58. The molecule has 0 fully saturated rings. The van der Waals surface area contributed by atoms with E-state index < -0.39 is 23.2 Å². The first-order valence-electron chi connectivity index (χ1n) is 11.7. The van der Waals surface area contributed by atoms with Gasteiger partial charge in [0.2, 0.25) is 5.91 Å². The molecule has 6 nitrogen and oxygen atoms in total. The van der Waals surface area contributed by atoms with Gasteiger partial charge in [0, 0.05) is 42.9 Å². The number of aromatic nitrogens is 1. The minimum absolute atomic E-state index is 0.0302. The third-order valence-corrected chi connectivity index (χ3v) is 6.02. The van der Waals surface area contributed by atoms with E-state index in [9.17, 15) is 18.0 Å². The van der Waals surface area contributed by atoms with Gasteiger partial charge in [0.1, 0.15) is 0 Å². The molecule has 2 aromatic carbocycles. The first-order valence-corrected chi connectivity index (χ1v) is 11.7. The fourth-order valence-corrected chi connectivity index (χ4v) is 4.12. The molecule has 1 unspecified atom stereocenters. The van der Waals surface area contributed by atoms with Crippen LogP contribution in [0, 0.1) is 11.3 Å². The first kappa shape index (κ1) is 26.2. The number of carbonyl (C=O) groups is 1. The van der Waals surface area contributed by atoms with E-state index in [0.717, 1.165) is 29.0 Å². The number of nitrogens with two attached hydrogens (primary N) is 1. The quantitative estimate of drug-likeness (QED) is 0.418. The number of nitrogens with zero attached hydrogens (tertiary/aromatic N) is 3. The molecule has 1 aliphatic heterocycles. The van der Waals surface area contributed by atoms with Crippen LogP contribution in [0.2, 0.25) is 0 Å². The largest absolute Gasteiger partial charge is 0.417 e. The van der Waals surface area contributed by atoms with Crippen molar-refractivity contribution < 1.29 is 18.0 Å². The number of halogens is 3. The maximum absolute atomic E-state index is 13.2. The van der Waals surface area contributed by atoms with E-state index in [1.165, 1.54) is 18.3 Å². The topological polar surface area (TPSA) is 95.0 Å². The summed E-state index contributed by atoms with van der Waals surface area (Å²) in [5, 5.41) is 11.4. The molecule has 3 N–H and O–H groups in total. The number of hydrogen-bond acceptors (Lipinski definition) is 5. The SMILES string of the molecule is N#Cc1ccc(NC(=O)Cc2ccc(/C(=C/N)N3C=CC(c4ccncc4)C=CC3)cc2)cc1C(F)(F)F. The molecule has 0 bridgehead atoms. The van der Waals surface area contributed by atoms with Crippen molar-refractivity contribution in [2.75, 3.05) is 11.9 Å². The van der Waals surface area contributed by atoms with Crippen molar-refractivity contribution in [3.63, 3.8) is 0 Å². The van der Waals surface area contributed by atoms with Crippen molar-refractivity contribution in [1.29, 1.82) is 5.26 Å². The van der Waals surface area contributed by atoms with Crippen LogP contribution in [-0.2, 0) is 17.4 Å². The molecular weight excluding hydrogens is 491 g/mol. The van der Waals surface area contributed by atoms with Gasteiger partial charge in [-0.3, -0.25) is 9.78 Å². The molecule has 1 aliphatic rings. The Kier molecular flexibility index (Phi) is 7.92. The number of rotatable bonds is 6. The van der Waals surface area contributed by atoms with Gasteiger partial charge >= 0.3 is 6.18 Å². The molecule has 0 saturated carbocycles. The lowest BCUT2D eigenvalue weighted by atomic mass is 10.0. The third kappa shape index (κ3) is 6.28. The molecule has 9 heteroatoms. The summed E-state index contributed by atoms with van der Waals surface area (Å²) in [7, 11) is 0. The zero-order valence-electron chi connectivity index (χ0n) is 20.2. The Bertz CT molecular complexity index is 1420. The van der Waals surface area contributed by atoms with Gasteiger partial charge in [-0.1, -0.05) is 42.5 Å². The zero-order valence-corrected chi connectivity index (χ0v) is 20.2.